The second-order valence-electron chi connectivity index (χ2n) is 5.49. The molecular formula is C15H20FNO3. The minimum absolute atomic E-state index is 0.0485. The zero-order valence-electron chi connectivity index (χ0n) is 11.9. The van der Waals surface area contributed by atoms with Crippen molar-refractivity contribution >= 4 is 5.91 Å². The number of likely N-dealkylation sites (tertiary alicyclic amines) is 1. The van der Waals surface area contributed by atoms with Crippen LogP contribution in [0.25, 0.3) is 0 Å². The number of halogens is 1. The first kappa shape index (κ1) is 14.8. The Balaban J connectivity index is 2.15. The molecule has 1 N–H and O–H groups in total. The fraction of sp³-hybridized carbons (Fsp3) is 0.533. The molecule has 0 aliphatic carbocycles. The molecule has 1 saturated heterocycles. The lowest BCUT2D eigenvalue weighted by atomic mass is 9.98. The maximum Gasteiger partial charge on any atom is 0.256 e. The van der Waals surface area contributed by atoms with Crippen LogP contribution in [0.15, 0.2) is 18.2 Å². The zero-order valence-corrected chi connectivity index (χ0v) is 11.9. The van der Waals surface area contributed by atoms with Crippen molar-refractivity contribution in [1.29, 1.82) is 0 Å². The molecule has 0 bridgehead atoms. The molecule has 20 heavy (non-hydrogen) atoms. The Hall–Kier alpha value is -1.62. The standard InChI is InChI=1S/C15H20FNO3/c1-15(19)6-3-8-17(9-7-15)14(18)12-5-4-11(20-2)10-13(12)16/h4-5,10,19H,3,6-9H2,1-2H3. The summed E-state index contributed by atoms with van der Waals surface area (Å²) in [5.41, 5.74) is -0.694. The first-order valence-electron chi connectivity index (χ1n) is 6.78. The van der Waals surface area contributed by atoms with Gasteiger partial charge in [0, 0.05) is 19.2 Å². The number of benzene rings is 1. The number of amides is 1. The van der Waals surface area contributed by atoms with E-state index in [4.69, 9.17) is 4.74 Å². The van der Waals surface area contributed by atoms with Crippen molar-refractivity contribution in [2.24, 2.45) is 0 Å². The summed E-state index contributed by atoms with van der Waals surface area (Å²) in [7, 11) is 1.45. The van der Waals surface area contributed by atoms with E-state index in [0.717, 1.165) is 6.42 Å². The van der Waals surface area contributed by atoms with Crippen LogP contribution >= 0.6 is 0 Å². The number of hydrogen-bond acceptors (Lipinski definition) is 3. The zero-order chi connectivity index (χ0) is 14.8. The fourth-order valence-electron chi connectivity index (χ4n) is 2.43. The average Bonchev–Trinajstić information content (AvgIpc) is 2.59. The van der Waals surface area contributed by atoms with Crippen LogP contribution in [-0.4, -0.2) is 41.7 Å². The highest BCUT2D eigenvalue weighted by Gasteiger charge is 2.28. The molecule has 1 aliphatic heterocycles. The molecule has 0 spiro atoms. The average molecular weight is 281 g/mol. The number of carbonyl (C=O) groups is 1. The summed E-state index contributed by atoms with van der Waals surface area (Å²) in [5, 5.41) is 10.0. The minimum Gasteiger partial charge on any atom is -0.497 e. The van der Waals surface area contributed by atoms with Crippen molar-refractivity contribution < 1.29 is 19.0 Å². The van der Waals surface area contributed by atoms with Crippen LogP contribution < -0.4 is 4.74 Å². The van der Waals surface area contributed by atoms with Crippen LogP contribution in [0.2, 0.25) is 0 Å². The molecule has 0 radical (unpaired) electrons. The molecule has 1 unspecified atom stereocenters. The Kier molecular flexibility index (Phi) is 4.28. The van der Waals surface area contributed by atoms with Gasteiger partial charge < -0.3 is 14.7 Å². The molecule has 0 saturated carbocycles. The van der Waals surface area contributed by atoms with Gasteiger partial charge in [-0.15, -0.1) is 0 Å². The van der Waals surface area contributed by atoms with Gasteiger partial charge in [0.1, 0.15) is 11.6 Å². The lowest BCUT2D eigenvalue weighted by Gasteiger charge is -2.22. The van der Waals surface area contributed by atoms with Gasteiger partial charge >= 0.3 is 0 Å². The topological polar surface area (TPSA) is 49.8 Å². The molecule has 1 heterocycles. The third kappa shape index (κ3) is 3.28. The maximum atomic E-state index is 13.9. The third-order valence-electron chi connectivity index (χ3n) is 3.76. The van der Waals surface area contributed by atoms with Crippen LogP contribution in [0, 0.1) is 5.82 Å². The maximum absolute atomic E-state index is 13.9. The van der Waals surface area contributed by atoms with Crippen molar-refractivity contribution in [1.82, 2.24) is 4.90 Å². The van der Waals surface area contributed by atoms with Crippen LogP contribution in [0.1, 0.15) is 36.5 Å². The molecule has 1 aromatic carbocycles. The van der Waals surface area contributed by atoms with E-state index in [-0.39, 0.29) is 11.5 Å². The molecule has 1 aromatic rings. The summed E-state index contributed by atoms with van der Waals surface area (Å²) in [4.78, 5) is 14.0. The summed E-state index contributed by atoms with van der Waals surface area (Å²) in [6.07, 6.45) is 1.88. The van der Waals surface area contributed by atoms with E-state index in [9.17, 15) is 14.3 Å². The van der Waals surface area contributed by atoms with Crippen molar-refractivity contribution in [3.05, 3.63) is 29.6 Å². The van der Waals surface area contributed by atoms with Crippen molar-refractivity contribution in [3.63, 3.8) is 0 Å². The normalized spacial score (nSPS) is 23.3. The molecule has 1 amide bonds. The number of ether oxygens (including phenoxy) is 1. The monoisotopic (exact) mass is 281 g/mol. The van der Waals surface area contributed by atoms with E-state index in [2.05, 4.69) is 0 Å². The Morgan fingerprint density at radius 3 is 2.80 bits per heavy atom. The van der Waals surface area contributed by atoms with Gasteiger partial charge in [-0.25, -0.2) is 4.39 Å². The molecular weight excluding hydrogens is 261 g/mol. The van der Waals surface area contributed by atoms with E-state index in [0.29, 0.717) is 31.7 Å². The van der Waals surface area contributed by atoms with Gasteiger partial charge in [-0.3, -0.25) is 4.79 Å². The molecule has 1 fully saturated rings. The summed E-state index contributed by atoms with van der Waals surface area (Å²) >= 11 is 0. The quantitative estimate of drug-likeness (QED) is 0.904. The first-order valence-corrected chi connectivity index (χ1v) is 6.78. The van der Waals surface area contributed by atoms with Crippen molar-refractivity contribution in [2.75, 3.05) is 20.2 Å². The van der Waals surface area contributed by atoms with Gasteiger partial charge in [0.25, 0.3) is 5.91 Å². The second-order valence-corrected chi connectivity index (χ2v) is 5.49. The van der Waals surface area contributed by atoms with Gasteiger partial charge in [0.05, 0.1) is 18.3 Å². The van der Waals surface area contributed by atoms with Crippen LogP contribution in [0.5, 0.6) is 5.75 Å². The summed E-state index contributed by atoms with van der Waals surface area (Å²) in [6, 6.07) is 4.23. The summed E-state index contributed by atoms with van der Waals surface area (Å²) < 4.78 is 18.8. The Morgan fingerprint density at radius 1 is 1.40 bits per heavy atom. The highest BCUT2D eigenvalue weighted by molar-refractivity contribution is 5.94. The van der Waals surface area contributed by atoms with Crippen LogP contribution in [-0.2, 0) is 0 Å². The second kappa shape index (κ2) is 5.79. The smallest absolute Gasteiger partial charge is 0.256 e. The lowest BCUT2D eigenvalue weighted by molar-refractivity contribution is 0.0437. The van der Waals surface area contributed by atoms with E-state index >= 15 is 0 Å². The van der Waals surface area contributed by atoms with E-state index in [1.807, 2.05) is 0 Å². The number of hydrogen-bond donors (Lipinski definition) is 1. The number of nitrogens with zero attached hydrogens (tertiary/aromatic N) is 1. The van der Waals surface area contributed by atoms with E-state index < -0.39 is 11.4 Å². The van der Waals surface area contributed by atoms with Gasteiger partial charge in [0.2, 0.25) is 0 Å². The highest BCUT2D eigenvalue weighted by Crippen LogP contribution is 2.24. The summed E-state index contributed by atoms with van der Waals surface area (Å²) in [6.45, 7) is 2.76. The Labute approximate surface area is 118 Å². The fourth-order valence-corrected chi connectivity index (χ4v) is 2.43. The van der Waals surface area contributed by atoms with Gasteiger partial charge in [-0.05, 0) is 38.3 Å². The minimum atomic E-state index is -0.743. The van der Waals surface area contributed by atoms with E-state index in [1.165, 1.54) is 19.2 Å². The lowest BCUT2D eigenvalue weighted by Crippen LogP contribution is -2.34. The Bertz CT molecular complexity index is 502. The largest absolute Gasteiger partial charge is 0.497 e. The Morgan fingerprint density at radius 2 is 2.15 bits per heavy atom. The first-order chi connectivity index (χ1) is 9.43. The SMILES string of the molecule is COc1ccc(C(=O)N2CCCC(C)(O)CC2)c(F)c1. The number of rotatable bonds is 2. The predicted molar refractivity (Wildman–Crippen MR) is 73.3 cm³/mol. The van der Waals surface area contributed by atoms with Crippen molar-refractivity contribution in [3.8, 4) is 5.75 Å². The number of aliphatic hydroxyl groups is 1. The van der Waals surface area contributed by atoms with Crippen molar-refractivity contribution in [2.45, 2.75) is 31.8 Å². The molecule has 4 nitrogen and oxygen atoms in total. The van der Waals surface area contributed by atoms with Gasteiger partial charge in [-0.2, -0.15) is 0 Å². The molecule has 2 rings (SSSR count). The molecule has 1 aliphatic rings. The molecule has 1 atom stereocenters. The van der Waals surface area contributed by atoms with Gasteiger partial charge in [-0.1, -0.05) is 0 Å². The molecule has 110 valence electrons. The van der Waals surface area contributed by atoms with Crippen LogP contribution in [0.4, 0.5) is 4.39 Å². The summed E-state index contributed by atoms with van der Waals surface area (Å²) in [5.74, 6) is -0.522. The predicted octanol–water partition coefficient (Wildman–Crippen LogP) is 2.21. The third-order valence-corrected chi connectivity index (χ3v) is 3.76. The highest BCUT2D eigenvalue weighted by atomic mass is 19.1. The van der Waals surface area contributed by atoms with E-state index in [1.54, 1.807) is 17.9 Å². The van der Waals surface area contributed by atoms with Gasteiger partial charge in [0.15, 0.2) is 0 Å². The number of carbonyl (C=O) groups excluding carboxylic acids is 1. The molecule has 0 aromatic heterocycles. The molecule has 5 heteroatoms. The van der Waals surface area contributed by atoms with Crippen LogP contribution in [0.3, 0.4) is 0 Å². The number of methoxy groups -OCH3 is 1.